The van der Waals surface area contributed by atoms with E-state index in [1.54, 1.807) is 6.92 Å². The van der Waals surface area contributed by atoms with Gasteiger partial charge in [-0.3, -0.25) is 4.79 Å². The van der Waals surface area contributed by atoms with E-state index in [1.807, 2.05) is 31.2 Å². The molecule has 20 heavy (non-hydrogen) atoms. The summed E-state index contributed by atoms with van der Waals surface area (Å²) in [5.74, 6) is -1.48. The van der Waals surface area contributed by atoms with E-state index in [4.69, 9.17) is 5.11 Å². The number of carboxylic acid groups (broad SMARTS) is 1. The van der Waals surface area contributed by atoms with Crippen molar-refractivity contribution in [2.24, 2.45) is 5.92 Å². The van der Waals surface area contributed by atoms with Crippen molar-refractivity contribution < 1.29 is 14.7 Å². The Balaban J connectivity index is 2.53. The molecule has 0 bridgehead atoms. The van der Waals surface area contributed by atoms with Gasteiger partial charge in [0.2, 0.25) is 0 Å². The average Bonchev–Trinajstić information content (AvgIpc) is 2.41. The summed E-state index contributed by atoms with van der Waals surface area (Å²) >= 11 is 3.37. The fourth-order valence-electron chi connectivity index (χ4n) is 1.70. The van der Waals surface area contributed by atoms with Gasteiger partial charge < -0.3 is 15.3 Å². The fraction of sp³-hybridized carbons (Fsp3) is 0.429. The lowest BCUT2D eigenvalue weighted by Crippen LogP contribution is -2.42. The molecule has 0 saturated carbocycles. The fourth-order valence-corrected chi connectivity index (χ4v) is 2.15. The minimum absolute atomic E-state index is 0.205. The largest absolute Gasteiger partial charge is 0.481 e. The van der Waals surface area contributed by atoms with E-state index in [-0.39, 0.29) is 12.6 Å². The molecule has 0 aliphatic heterocycles. The van der Waals surface area contributed by atoms with Crippen LogP contribution in [0.4, 0.5) is 4.79 Å². The quantitative estimate of drug-likeness (QED) is 0.834. The van der Waals surface area contributed by atoms with Crippen LogP contribution in [0, 0.1) is 5.92 Å². The van der Waals surface area contributed by atoms with Gasteiger partial charge in [-0.15, -0.1) is 0 Å². The van der Waals surface area contributed by atoms with Crippen molar-refractivity contribution in [3.8, 4) is 0 Å². The van der Waals surface area contributed by atoms with Crippen molar-refractivity contribution in [3.05, 3.63) is 34.3 Å². The summed E-state index contributed by atoms with van der Waals surface area (Å²) in [7, 11) is 0. The third-order valence-electron chi connectivity index (χ3n) is 2.92. The number of rotatable bonds is 6. The Morgan fingerprint density at radius 3 is 2.70 bits per heavy atom. The Kier molecular flexibility index (Phi) is 6.51. The number of aliphatic carboxylic acids is 1. The zero-order valence-corrected chi connectivity index (χ0v) is 13.2. The molecule has 0 radical (unpaired) electrons. The Morgan fingerprint density at radius 1 is 1.45 bits per heavy atom. The van der Waals surface area contributed by atoms with Crippen molar-refractivity contribution in [2.75, 3.05) is 13.1 Å². The summed E-state index contributed by atoms with van der Waals surface area (Å²) < 4.78 is 0.955. The normalized spacial score (nSPS) is 11.8. The van der Waals surface area contributed by atoms with Crippen molar-refractivity contribution in [1.82, 2.24) is 10.2 Å². The molecular formula is C14H19BrN2O3. The summed E-state index contributed by atoms with van der Waals surface area (Å²) in [4.78, 5) is 24.3. The van der Waals surface area contributed by atoms with Crippen molar-refractivity contribution in [1.29, 1.82) is 0 Å². The highest BCUT2D eigenvalue weighted by Crippen LogP contribution is 2.11. The van der Waals surface area contributed by atoms with E-state index < -0.39 is 11.9 Å². The molecule has 1 unspecified atom stereocenters. The van der Waals surface area contributed by atoms with E-state index >= 15 is 0 Å². The van der Waals surface area contributed by atoms with Gasteiger partial charge in [0.25, 0.3) is 0 Å². The smallest absolute Gasteiger partial charge is 0.317 e. The standard InChI is InChI=1S/C14H19BrN2O3/c1-3-17(9-10(2)13(18)19)14(20)16-8-11-5-4-6-12(15)7-11/h4-7,10H,3,8-9H2,1-2H3,(H,16,20)(H,18,19). The Morgan fingerprint density at radius 2 is 2.15 bits per heavy atom. The number of hydrogen-bond donors (Lipinski definition) is 2. The zero-order chi connectivity index (χ0) is 15.1. The molecule has 0 aromatic heterocycles. The van der Waals surface area contributed by atoms with E-state index in [0.717, 1.165) is 10.0 Å². The van der Waals surface area contributed by atoms with Gasteiger partial charge in [-0.2, -0.15) is 0 Å². The Bertz CT molecular complexity index is 479. The highest BCUT2D eigenvalue weighted by Gasteiger charge is 2.18. The number of nitrogens with one attached hydrogen (secondary N) is 1. The molecule has 2 amide bonds. The van der Waals surface area contributed by atoms with Gasteiger partial charge in [0.15, 0.2) is 0 Å². The first kappa shape index (κ1) is 16.5. The maximum Gasteiger partial charge on any atom is 0.317 e. The number of hydrogen-bond acceptors (Lipinski definition) is 2. The number of urea groups is 1. The number of carboxylic acids is 1. The molecule has 0 saturated heterocycles. The molecule has 0 spiro atoms. The van der Waals surface area contributed by atoms with E-state index in [9.17, 15) is 9.59 Å². The van der Waals surface area contributed by atoms with Gasteiger partial charge in [0.1, 0.15) is 0 Å². The first-order chi connectivity index (χ1) is 9.43. The van der Waals surface area contributed by atoms with Crippen molar-refractivity contribution >= 4 is 27.9 Å². The topological polar surface area (TPSA) is 69.6 Å². The van der Waals surface area contributed by atoms with E-state index in [0.29, 0.717) is 13.1 Å². The van der Waals surface area contributed by atoms with Crippen LogP contribution in [0.2, 0.25) is 0 Å². The third-order valence-corrected chi connectivity index (χ3v) is 3.41. The molecule has 0 aliphatic rings. The average molecular weight is 343 g/mol. The highest BCUT2D eigenvalue weighted by molar-refractivity contribution is 9.10. The molecule has 0 fully saturated rings. The van der Waals surface area contributed by atoms with Crippen LogP contribution in [0.5, 0.6) is 0 Å². The first-order valence-corrected chi connectivity index (χ1v) is 7.23. The molecule has 110 valence electrons. The van der Waals surface area contributed by atoms with Crippen LogP contribution in [0.3, 0.4) is 0 Å². The van der Waals surface area contributed by atoms with Crippen LogP contribution in [0.25, 0.3) is 0 Å². The highest BCUT2D eigenvalue weighted by atomic mass is 79.9. The summed E-state index contributed by atoms with van der Waals surface area (Å²) in [6.45, 7) is 4.51. The monoisotopic (exact) mass is 342 g/mol. The molecule has 1 aromatic carbocycles. The van der Waals surface area contributed by atoms with Gasteiger partial charge >= 0.3 is 12.0 Å². The lowest BCUT2D eigenvalue weighted by Gasteiger charge is -2.23. The van der Waals surface area contributed by atoms with Crippen LogP contribution in [0.15, 0.2) is 28.7 Å². The van der Waals surface area contributed by atoms with Gasteiger partial charge in [0, 0.05) is 24.1 Å². The molecule has 1 atom stereocenters. The second kappa shape index (κ2) is 7.89. The number of carbonyl (C=O) groups excluding carboxylic acids is 1. The molecule has 1 rings (SSSR count). The number of halogens is 1. The maximum absolute atomic E-state index is 12.0. The van der Waals surface area contributed by atoms with Gasteiger partial charge in [-0.05, 0) is 24.6 Å². The minimum atomic E-state index is -0.900. The number of carbonyl (C=O) groups is 2. The summed E-state index contributed by atoms with van der Waals surface area (Å²) in [6, 6.07) is 7.41. The Labute approximate surface area is 127 Å². The second-order valence-electron chi connectivity index (χ2n) is 4.57. The molecule has 2 N–H and O–H groups in total. The lowest BCUT2D eigenvalue weighted by atomic mass is 10.2. The first-order valence-electron chi connectivity index (χ1n) is 6.44. The Hall–Kier alpha value is -1.56. The minimum Gasteiger partial charge on any atom is -0.481 e. The van der Waals surface area contributed by atoms with Gasteiger partial charge in [-0.25, -0.2) is 4.79 Å². The second-order valence-corrected chi connectivity index (χ2v) is 5.48. The molecule has 6 heteroatoms. The molecule has 1 aromatic rings. The molecule has 5 nitrogen and oxygen atoms in total. The molecule has 0 aliphatic carbocycles. The van der Waals surface area contributed by atoms with Crippen molar-refractivity contribution in [2.45, 2.75) is 20.4 Å². The summed E-state index contributed by atoms with van der Waals surface area (Å²) in [5, 5.41) is 11.7. The number of nitrogens with zero attached hydrogens (tertiary/aromatic N) is 1. The summed E-state index contributed by atoms with van der Waals surface area (Å²) in [6.07, 6.45) is 0. The van der Waals surface area contributed by atoms with Gasteiger partial charge in [-0.1, -0.05) is 35.0 Å². The SMILES string of the molecule is CCN(CC(C)C(=O)O)C(=O)NCc1cccc(Br)c1. The molecule has 0 heterocycles. The number of amides is 2. The zero-order valence-electron chi connectivity index (χ0n) is 11.6. The van der Waals surface area contributed by atoms with Crippen LogP contribution >= 0.6 is 15.9 Å². The van der Waals surface area contributed by atoms with E-state index in [2.05, 4.69) is 21.2 Å². The van der Waals surface area contributed by atoms with Crippen molar-refractivity contribution in [3.63, 3.8) is 0 Å². The number of benzene rings is 1. The lowest BCUT2D eigenvalue weighted by molar-refractivity contribution is -0.141. The predicted molar refractivity (Wildman–Crippen MR) is 80.4 cm³/mol. The maximum atomic E-state index is 12.0. The van der Waals surface area contributed by atoms with Crippen LogP contribution in [-0.4, -0.2) is 35.1 Å². The van der Waals surface area contributed by atoms with Crippen LogP contribution < -0.4 is 5.32 Å². The third kappa shape index (κ3) is 5.21. The van der Waals surface area contributed by atoms with Crippen LogP contribution in [0.1, 0.15) is 19.4 Å². The summed E-state index contributed by atoms with van der Waals surface area (Å²) in [5.41, 5.74) is 0.982. The molecular weight excluding hydrogens is 324 g/mol. The van der Waals surface area contributed by atoms with E-state index in [1.165, 1.54) is 4.90 Å². The predicted octanol–water partition coefficient (Wildman–Crippen LogP) is 2.70. The van der Waals surface area contributed by atoms with Crippen LogP contribution in [-0.2, 0) is 11.3 Å². The van der Waals surface area contributed by atoms with Gasteiger partial charge in [0.05, 0.1) is 5.92 Å².